The molecular formula is C10H16O2. The number of carbonyl (C=O) groups is 1. The molecule has 0 radical (unpaired) electrons. The first-order valence-corrected chi connectivity index (χ1v) is 4.50. The van der Waals surface area contributed by atoms with Gasteiger partial charge >= 0.3 is 0 Å². The fraction of sp³-hybridized carbons (Fsp3) is 0.700. The summed E-state index contributed by atoms with van der Waals surface area (Å²) in [5.74, 6) is 0.804. The number of Topliss-reactive ketones (excluding diaryl/α,β-unsaturated/α-hetero) is 1. The third-order valence-corrected chi connectivity index (χ3v) is 2.39. The van der Waals surface area contributed by atoms with Crippen LogP contribution in [0.2, 0.25) is 0 Å². The van der Waals surface area contributed by atoms with E-state index < -0.39 is 0 Å². The van der Waals surface area contributed by atoms with Crippen LogP contribution in [0.15, 0.2) is 11.6 Å². The van der Waals surface area contributed by atoms with Crippen molar-refractivity contribution >= 4 is 5.78 Å². The number of aliphatic hydroxyl groups excluding tert-OH is 1. The summed E-state index contributed by atoms with van der Waals surface area (Å²) >= 11 is 0. The summed E-state index contributed by atoms with van der Waals surface area (Å²) in [6.07, 6.45) is 5.78. The monoisotopic (exact) mass is 168 g/mol. The molecule has 0 amide bonds. The van der Waals surface area contributed by atoms with Crippen LogP contribution in [-0.2, 0) is 4.79 Å². The smallest absolute Gasteiger partial charge is 0.130 e. The molecule has 0 fully saturated rings. The van der Waals surface area contributed by atoms with Crippen LogP contribution >= 0.6 is 0 Å². The molecule has 0 aromatic carbocycles. The fourth-order valence-corrected chi connectivity index (χ4v) is 1.68. The van der Waals surface area contributed by atoms with E-state index in [1.165, 1.54) is 0 Å². The lowest BCUT2D eigenvalue weighted by Crippen LogP contribution is -2.10. The van der Waals surface area contributed by atoms with Crippen molar-refractivity contribution in [1.29, 1.82) is 0 Å². The molecule has 1 rings (SSSR count). The third-order valence-electron chi connectivity index (χ3n) is 2.39. The van der Waals surface area contributed by atoms with Crippen molar-refractivity contribution in [1.82, 2.24) is 0 Å². The lowest BCUT2D eigenvalue weighted by atomic mass is 9.87. The Labute approximate surface area is 73.3 Å². The summed E-state index contributed by atoms with van der Waals surface area (Å²) in [5, 5.41) is 8.82. The minimum absolute atomic E-state index is 0.187. The molecule has 2 heteroatoms. The summed E-state index contributed by atoms with van der Waals surface area (Å²) in [6.45, 7) is 1.83. The Hall–Kier alpha value is -0.630. The standard InChI is InChI=1S/C10H16O2/c1-8(12)6-9-2-4-10(7-11)5-3-9/h4,9,11H,2-3,5-7H2,1H3. The Kier molecular flexibility index (Phi) is 3.48. The van der Waals surface area contributed by atoms with Gasteiger partial charge in [0.2, 0.25) is 0 Å². The zero-order chi connectivity index (χ0) is 8.97. The van der Waals surface area contributed by atoms with E-state index in [1.807, 2.05) is 0 Å². The molecule has 0 spiro atoms. The zero-order valence-corrected chi connectivity index (χ0v) is 7.55. The average Bonchev–Trinajstić information content (AvgIpc) is 2.05. The average molecular weight is 168 g/mol. The molecule has 1 aliphatic rings. The van der Waals surface area contributed by atoms with Crippen LogP contribution in [0.1, 0.15) is 32.6 Å². The third kappa shape index (κ3) is 2.78. The van der Waals surface area contributed by atoms with Crippen LogP contribution in [0, 0.1) is 5.92 Å². The van der Waals surface area contributed by atoms with Gasteiger partial charge < -0.3 is 9.90 Å². The Morgan fingerprint density at radius 2 is 2.50 bits per heavy atom. The van der Waals surface area contributed by atoms with Gasteiger partial charge in [-0.15, -0.1) is 0 Å². The predicted octanol–water partition coefficient (Wildman–Crippen LogP) is 1.68. The van der Waals surface area contributed by atoms with Gasteiger partial charge in [-0.2, -0.15) is 0 Å². The number of hydrogen-bond donors (Lipinski definition) is 1. The summed E-state index contributed by atoms with van der Waals surface area (Å²) < 4.78 is 0. The normalized spacial score (nSPS) is 23.5. The SMILES string of the molecule is CC(=O)CC1CC=C(CO)CC1. The van der Waals surface area contributed by atoms with Crippen molar-refractivity contribution in [2.45, 2.75) is 32.6 Å². The molecular weight excluding hydrogens is 152 g/mol. The van der Waals surface area contributed by atoms with Gasteiger partial charge in [-0.3, -0.25) is 0 Å². The molecule has 1 unspecified atom stereocenters. The van der Waals surface area contributed by atoms with Gasteiger partial charge in [0.15, 0.2) is 0 Å². The molecule has 1 N–H and O–H groups in total. The maximum atomic E-state index is 10.8. The van der Waals surface area contributed by atoms with E-state index in [9.17, 15) is 4.79 Å². The van der Waals surface area contributed by atoms with Gasteiger partial charge in [-0.25, -0.2) is 0 Å². The minimum atomic E-state index is 0.187. The molecule has 0 saturated heterocycles. The van der Waals surface area contributed by atoms with E-state index in [-0.39, 0.29) is 12.4 Å². The number of aliphatic hydroxyl groups is 1. The maximum Gasteiger partial charge on any atom is 0.130 e. The lowest BCUT2D eigenvalue weighted by Gasteiger charge is -2.19. The predicted molar refractivity (Wildman–Crippen MR) is 47.8 cm³/mol. The summed E-state index contributed by atoms with van der Waals surface area (Å²) in [7, 11) is 0. The van der Waals surface area contributed by atoms with Crippen molar-refractivity contribution < 1.29 is 9.90 Å². The van der Waals surface area contributed by atoms with Crippen molar-refractivity contribution in [3.05, 3.63) is 11.6 Å². The van der Waals surface area contributed by atoms with Crippen LogP contribution in [0.4, 0.5) is 0 Å². The van der Waals surface area contributed by atoms with E-state index in [0.29, 0.717) is 12.3 Å². The topological polar surface area (TPSA) is 37.3 Å². The van der Waals surface area contributed by atoms with Gasteiger partial charge in [0.1, 0.15) is 5.78 Å². The van der Waals surface area contributed by atoms with Gasteiger partial charge in [-0.1, -0.05) is 6.08 Å². The second-order valence-corrected chi connectivity index (χ2v) is 3.57. The highest BCUT2D eigenvalue weighted by molar-refractivity contribution is 5.75. The molecule has 68 valence electrons. The van der Waals surface area contributed by atoms with Crippen LogP contribution in [-0.4, -0.2) is 17.5 Å². The highest BCUT2D eigenvalue weighted by atomic mass is 16.3. The van der Waals surface area contributed by atoms with Crippen LogP contribution < -0.4 is 0 Å². The summed E-state index contributed by atoms with van der Waals surface area (Å²) in [4.78, 5) is 10.8. The molecule has 0 saturated carbocycles. The van der Waals surface area contributed by atoms with Crippen molar-refractivity contribution in [3.8, 4) is 0 Å². The van der Waals surface area contributed by atoms with E-state index in [4.69, 9.17) is 5.11 Å². The lowest BCUT2D eigenvalue weighted by molar-refractivity contribution is -0.117. The Morgan fingerprint density at radius 3 is 2.92 bits per heavy atom. The molecule has 2 nitrogen and oxygen atoms in total. The quantitative estimate of drug-likeness (QED) is 0.651. The first kappa shape index (κ1) is 9.46. The van der Waals surface area contributed by atoms with Crippen LogP contribution in [0.3, 0.4) is 0 Å². The van der Waals surface area contributed by atoms with Gasteiger partial charge in [0.25, 0.3) is 0 Å². The van der Waals surface area contributed by atoms with Crippen molar-refractivity contribution in [2.24, 2.45) is 5.92 Å². The summed E-state index contributed by atoms with van der Waals surface area (Å²) in [5.41, 5.74) is 1.13. The van der Waals surface area contributed by atoms with E-state index in [0.717, 1.165) is 24.8 Å². The maximum absolute atomic E-state index is 10.8. The van der Waals surface area contributed by atoms with Gasteiger partial charge in [-0.05, 0) is 37.7 Å². The second kappa shape index (κ2) is 4.41. The first-order chi connectivity index (χ1) is 5.72. The van der Waals surface area contributed by atoms with Gasteiger partial charge in [0, 0.05) is 6.42 Å². The number of hydrogen-bond acceptors (Lipinski definition) is 2. The summed E-state index contributed by atoms with van der Waals surface area (Å²) in [6, 6.07) is 0. The highest BCUT2D eigenvalue weighted by Crippen LogP contribution is 2.25. The first-order valence-electron chi connectivity index (χ1n) is 4.50. The fourth-order valence-electron chi connectivity index (χ4n) is 1.68. The minimum Gasteiger partial charge on any atom is -0.392 e. The van der Waals surface area contributed by atoms with E-state index >= 15 is 0 Å². The van der Waals surface area contributed by atoms with E-state index in [2.05, 4.69) is 6.08 Å². The number of carbonyl (C=O) groups excluding carboxylic acids is 1. The molecule has 0 aliphatic heterocycles. The molecule has 1 aliphatic carbocycles. The highest BCUT2D eigenvalue weighted by Gasteiger charge is 2.15. The van der Waals surface area contributed by atoms with Crippen LogP contribution in [0.25, 0.3) is 0 Å². The van der Waals surface area contributed by atoms with Crippen LogP contribution in [0.5, 0.6) is 0 Å². The molecule has 12 heavy (non-hydrogen) atoms. The zero-order valence-electron chi connectivity index (χ0n) is 7.55. The Bertz CT molecular complexity index is 194. The number of rotatable bonds is 3. The molecule has 1 atom stereocenters. The molecule has 0 aromatic heterocycles. The number of allylic oxidation sites excluding steroid dienone is 1. The second-order valence-electron chi connectivity index (χ2n) is 3.57. The van der Waals surface area contributed by atoms with E-state index in [1.54, 1.807) is 6.92 Å². The van der Waals surface area contributed by atoms with Crippen molar-refractivity contribution in [2.75, 3.05) is 6.61 Å². The largest absolute Gasteiger partial charge is 0.392 e. The Morgan fingerprint density at radius 1 is 1.75 bits per heavy atom. The molecule has 0 aromatic rings. The molecule has 0 bridgehead atoms. The van der Waals surface area contributed by atoms with Crippen molar-refractivity contribution in [3.63, 3.8) is 0 Å². The number of ketones is 1. The Balaban J connectivity index is 2.35. The molecule has 0 heterocycles. The van der Waals surface area contributed by atoms with Gasteiger partial charge in [0.05, 0.1) is 6.61 Å².